The van der Waals surface area contributed by atoms with E-state index in [2.05, 4.69) is 10.2 Å². The Morgan fingerprint density at radius 2 is 1.69 bits per heavy atom. The Balaban J connectivity index is 1.78. The summed E-state index contributed by atoms with van der Waals surface area (Å²) in [4.78, 5) is 22.9. The summed E-state index contributed by atoms with van der Waals surface area (Å²) < 4.78 is 10.7. The van der Waals surface area contributed by atoms with Crippen LogP contribution in [0.2, 0.25) is 0 Å². The lowest BCUT2D eigenvalue weighted by molar-refractivity contribution is -0.125. The molecule has 0 aliphatic carbocycles. The first-order chi connectivity index (χ1) is 12.5. The lowest BCUT2D eigenvalue weighted by Crippen LogP contribution is -2.30. The maximum atomic E-state index is 12.0. The van der Waals surface area contributed by atoms with Gasteiger partial charge in [-0.2, -0.15) is 0 Å². The first kappa shape index (κ1) is 17.3. The molecule has 7 heteroatoms. The summed E-state index contributed by atoms with van der Waals surface area (Å²) in [7, 11) is 0. The third-order valence-electron chi connectivity index (χ3n) is 3.85. The minimum absolute atomic E-state index is 0.292. The Kier molecular flexibility index (Phi) is 4.79. The smallest absolute Gasteiger partial charge is 0.338 e. The van der Waals surface area contributed by atoms with Gasteiger partial charge in [-0.3, -0.25) is 4.79 Å². The number of benzene rings is 2. The summed E-state index contributed by atoms with van der Waals surface area (Å²) in [5.41, 5.74) is 7.93. The Morgan fingerprint density at radius 3 is 2.35 bits per heavy atom. The van der Waals surface area contributed by atoms with Crippen LogP contribution in [-0.4, -0.2) is 28.2 Å². The average Bonchev–Trinajstić information content (AvgIpc) is 3.12. The fourth-order valence-corrected chi connectivity index (χ4v) is 2.30. The first-order valence-corrected chi connectivity index (χ1v) is 7.96. The first-order valence-electron chi connectivity index (χ1n) is 7.96. The summed E-state index contributed by atoms with van der Waals surface area (Å²) >= 11 is 0. The molecule has 1 aromatic heterocycles. The van der Waals surface area contributed by atoms with Crippen molar-refractivity contribution in [3.8, 4) is 22.9 Å². The second-order valence-electron chi connectivity index (χ2n) is 5.75. The van der Waals surface area contributed by atoms with Crippen LogP contribution in [0.3, 0.4) is 0 Å². The number of hydrogen-bond acceptors (Lipinski definition) is 6. The molecule has 0 fully saturated rings. The number of aromatic nitrogens is 2. The minimum Gasteiger partial charge on any atom is -0.449 e. The van der Waals surface area contributed by atoms with Crippen molar-refractivity contribution in [2.24, 2.45) is 5.73 Å². The van der Waals surface area contributed by atoms with Gasteiger partial charge >= 0.3 is 5.97 Å². The number of carbonyl (C=O) groups excluding carboxylic acids is 2. The summed E-state index contributed by atoms with van der Waals surface area (Å²) in [6.07, 6.45) is -0.991. The van der Waals surface area contributed by atoms with Gasteiger partial charge < -0.3 is 14.9 Å². The van der Waals surface area contributed by atoms with Crippen LogP contribution < -0.4 is 5.73 Å². The molecule has 2 aromatic carbocycles. The number of rotatable bonds is 5. The van der Waals surface area contributed by atoms with Crippen molar-refractivity contribution in [3.63, 3.8) is 0 Å². The molecule has 2 N–H and O–H groups in total. The molecule has 0 spiro atoms. The van der Waals surface area contributed by atoms with Gasteiger partial charge in [0.15, 0.2) is 6.10 Å². The molecule has 3 rings (SSSR count). The predicted molar refractivity (Wildman–Crippen MR) is 94.0 cm³/mol. The zero-order valence-corrected chi connectivity index (χ0v) is 14.3. The van der Waals surface area contributed by atoms with Crippen molar-refractivity contribution in [1.82, 2.24) is 10.2 Å². The fourth-order valence-electron chi connectivity index (χ4n) is 2.30. The number of hydrogen-bond donors (Lipinski definition) is 1. The van der Waals surface area contributed by atoms with Gasteiger partial charge in [-0.15, -0.1) is 10.2 Å². The van der Waals surface area contributed by atoms with Gasteiger partial charge in [0.2, 0.25) is 11.8 Å². The Bertz CT molecular complexity index is 947. The number of esters is 1. The second-order valence-corrected chi connectivity index (χ2v) is 5.75. The van der Waals surface area contributed by atoms with Crippen molar-refractivity contribution in [2.45, 2.75) is 20.0 Å². The third kappa shape index (κ3) is 3.61. The highest BCUT2D eigenvalue weighted by molar-refractivity contribution is 5.92. The highest BCUT2D eigenvalue weighted by Crippen LogP contribution is 2.26. The molecule has 0 radical (unpaired) electrons. The number of nitrogens with zero attached hydrogens (tertiary/aromatic N) is 2. The zero-order valence-electron chi connectivity index (χ0n) is 14.3. The molecule has 0 bridgehead atoms. The van der Waals surface area contributed by atoms with Crippen LogP contribution in [0.4, 0.5) is 0 Å². The van der Waals surface area contributed by atoms with E-state index in [0.29, 0.717) is 22.9 Å². The zero-order chi connectivity index (χ0) is 18.7. The van der Waals surface area contributed by atoms with Gasteiger partial charge in [0.05, 0.1) is 5.56 Å². The van der Waals surface area contributed by atoms with Crippen LogP contribution in [0, 0.1) is 6.92 Å². The number of ether oxygens (including phenoxy) is 1. The van der Waals surface area contributed by atoms with Crippen molar-refractivity contribution < 1.29 is 18.7 Å². The Labute approximate surface area is 149 Å². The number of amides is 1. The van der Waals surface area contributed by atoms with Crippen LogP contribution in [-0.2, 0) is 9.53 Å². The van der Waals surface area contributed by atoms with Gasteiger partial charge in [0.25, 0.3) is 5.91 Å². The van der Waals surface area contributed by atoms with Crippen molar-refractivity contribution in [1.29, 1.82) is 0 Å². The molecular formula is C19H17N3O4. The van der Waals surface area contributed by atoms with E-state index in [-0.39, 0.29) is 0 Å². The molecule has 132 valence electrons. The van der Waals surface area contributed by atoms with Gasteiger partial charge in [-0.25, -0.2) is 4.79 Å². The largest absolute Gasteiger partial charge is 0.449 e. The SMILES string of the molecule is Cc1ccccc1-c1nnc(-c2ccc(C(=O)O[C@@H](C)C(N)=O)cc2)o1. The summed E-state index contributed by atoms with van der Waals surface area (Å²) in [5.74, 6) is -0.566. The van der Waals surface area contributed by atoms with Crippen molar-refractivity contribution in [2.75, 3.05) is 0 Å². The second kappa shape index (κ2) is 7.18. The van der Waals surface area contributed by atoms with E-state index in [0.717, 1.165) is 11.1 Å². The molecule has 1 heterocycles. The van der Waals surface area contributed by atoms with Crippen LogP contribution in [0.1, 0.15) is 22.8 Å². The molecule has 0 saturated carbocycles. The lowest BCUT2D eigenvalue weighted by atomic mass is 10.1. The minimum atomic E-state index is -0.991. The Hall–Kier alpha value is -3.48. The molecule has 0 aliphatic rings. The van der Waals surface area contributed by atoms with E-state index in [1.807, 2.05) is 31.2 Å². The van der Waals surface area contributed by atoms with E-state index < -0.39 is 18.0 Å². The van der Waals surface area contributed by atoms with Gasteiger partial charge in [0, 0.05) is 11.1 Å². The van der Waals surface area contributed by atoms with E-state index in [4.69, 9.17) is 14.9 Å². The standard InChI is InChI=1S/C19H17N3O4/c1-11-5-3-4-6-15(11)18-22-21-17(26-18)13-7-9-14(10-8-13)19(24)25-12(2)16(20)23/h3-10,12H,1-2H3,(H2,20,23)/t12-/m0/s1. The summed E-state index contributed by atoms with van der Waals surface area (Å²) in [6.45, 7) is 3.38. The Morgan fingerprint density at radius 1 is 1.04 bits per heavy atom. The molecule has 26 heavy (non-hydrogen) atoms. The lowest BCUT2D eigenvalue weighted by Gasteiger charge is -2.09. The number of aryl methyl sites for hydroxylation is 1. The maximum Gasteiger partial charge on any atom is 0.338 e. The maximum absolute atomic E-state index is 12.0. The van der Waals surface area contributed by atoms with E-state index in [1.54, 1.807) is 24.3 Å². The molecule has 7 nitrogen and oxygen atoms in total. The predicted octanol–water partition coefficient (Wildman–Crippen LogP) is 2.74. The van der Waals surface area contributed by atoms with Gasteiger partial charge in [0.1, 0.15) is 0 Å². The highest BCUT2D eigenvalue weighted by Gasteiger charge is 2.17. The molecule has 3 aromatic rings. The van der Waals surface area contributed by atoms with Gasteiger partial charge in [-0.1, -0.05) is 18.2 Å². The normalized spacial score (nSPS) is 11.8. The van der Waals surface area contributed by atoms with Gasteiger partial charge in [-0.05, 0) is 49.7 Å². The molecule has 0 unspecified atom stereocenters. The van der Waals surface area contributed by atoms with Crippen LogP contribution in [0.15, 0.2) is 52.9 Å². The fraction of sp³-hybridized carbons (Fsp3) is 0.158. The van der Waals surface area contributed by atoms with Crippen LogP contribution in [0.5, 0.6) is 0 Å². The number of carbonyl (C=O) groups is 2. The molecule has 1 atom stereocenters. The molecule has 0 aliphatic heterocycles. The molecule has 1 amide bonds. The van der Waals surface area contributed by atoms with Crippen molar-refractivity contribution >= 4 is 11.9 Å². The highest BCUT2D eigenvalue weighted by atomic mass is 16.5. The third-order valence-corrected chi connectivity index (χ3v) is 3.85. The summed E-state index contributed by atoms with van der Waals surface area (Å²) in [5, 5.41) is 8.14. The van der Waals surface area contributed by atoms with Crippen LogP contribution in [0.25, 0.3) is 22.9 Å². The number of primary amides is 1. The number of nitrogens with two attached hydrogens (primary N) is 1. The van der Waals surface area contributed by atoms with E-state index in [1.165, 1.54) is 6.92 Å². The monoisotopic (exact) mass is 351 g/mol. The molecular weight excluding hydrogens is 334 g/mol. The van der Waals surface area contributed by atoms with E-state index in [9.17, 15) is 9.59 Å². The van der Waals surface area contributed by atoms with E-state index >= 15 is 0 Å². The van der Waals surface area contributed by atoms with Crippen molar-refractivity contribution in [3.05, 3.63) is 59.7 Å². The quantitative estimate of drug-likeness (QED) is 0.708. The summed E-state index contributed by atoms with van der Waals surface area (Å²) in [6, 6.07) is 14.2. The topological polar surface area (TPSA) is 108 Å². The van der Waals surface area contributed by atoms with Crippen LogP contribution >= 0.6 is 0 Å². The molecule has 0 saturated heterocycles. The average molecular weight is 351 g/mol.